The Balaban J connectivity index is 1.16. The van der Waals surface area contributed by atoms with E-state index in [-0.39, 0.29) is 55.7 Å². The highest BCUT2D eigenvalue weighted by molar-refractivity contribution is 5.96. The molecule has 69 heavy (non-hydrogen) atoms. The van der Waals surface area contributed by atoms with Gasteiger partial charge in [0.2, 0.25) is 17.7 Å². The van der Waals surface area contributed by atoms with Crippen LogP contribution in [0.3, 0.4) is 0 Å². The number of likely N-dealkylation sites (N-methyl/N-ethyl adjacent to an activating group) is 1. The minimum Gasteiger partial charge on any atom is -0.508 e. The normalized spacial score (nSPS) is 22.6. The number of benzene rings is 3. The number of esters is 1. The zero-order chi connectivity index (χ0) is 49.3. The van der Waals surface area contributed by atoms with E-state index in [1.165, 1.54) is 21.5 Å². The third kappa shape index (κ3) is 10.8. The lowest BCUT2D eigenvalue weighted by atomic mass is 9.84. The van der Waals surface area contributed by atoms with Crippen molar-refractivity contribution < 1.29 is 38.9 Å². The average Bonchev–Trinajstić information content (AvgIpc) is 4.06. The number of aromatic hydroxyl groups is 1. The summed E-state index contributed by atoms with van der Waals surface area (Å²) in [5, 5.41) is 26.9. The zero-order valence-electron chi connectivity index (χ0n) is 41.0. The Bertz CT molecular complexity index is 2600. The predicted octanol–water partition coefficient (Wildman–Crippen LogP) is 5.43. The zero-order valence-corrected chi connectivity index (χ0v) is 41.0. The molecule has 3 saturated heterocycles. The lowest BCUT2D eigenvalue weighted by molar-refractivity contribution is -0.155. The Morgan fingerprint density at radius 3 is 2.42 bits per heavy atom. The second-order valence-corrected chi connectivity index (χ2v) is 20.7. The molecule has 8 rings (SSSR count). The molecule has 6 bridgehead atoms. The number of aliphatic hydroxyl groups is 1. The first-order valence-corrected chi connectivity index (χ1v) is 24.6. The van der Waals surface area contributed by atoms with Crippen LogP contribution in [0, 0.1) is 17.3 Å². The topological polar surface area (TPSA) is 177 Å². The number of fused-ring (bicyclic) bond motifs is 6. The van der Waals surface area contributed by atoms with Crippen LogP contribution in [-0.4, -0.2) is 135 Å². The van der Waals surface area contributed by atoms with E-state index in [1.54, 1.807) is 24.1 Å². The lowest BCUT2D eigenvalue weighted by Crippen LogP contribution is -2.62. The van der Waals surface area contributed by atoms with Gasteiger partial charge in [-0.15, -0.1) is 0 Å². The number of phenols is 1. The van der Waals surface area contributed by atoms with Gasteiger partial charge in [-0.2, -0.15) is 0 Å². The number of aliphatic hydroxyl groups excluding tert-OH is 1. The van der Waals surface area contributed by atoms with Crippen molar-refractivity contribution in [3.05, 3.63) is 90.0 Å². The number of phenolic OH excluding ortho intramolecular Hbond substituents is 1. The van der Waals surface area contributed by atoms with Gasteiger partial charge in [0.15, 0.2) is 0 Å². The number of rotatable bonds is 10. The third-order valence-electron chi connectivity index (χ3n) is 14.4. The van der Waals surface area contributed by atoms with E-state index in [0.717, 1.165) is 58.4 Å². The summed E-state index contributed by atoms with van der Waals surface area (Å²) in [6, 6.07) is 17.3. The number of nitrogens with zero attached hydrogens (tertiary/aromatic N) is 5. The smallest absolute Gasteiger partial charge is 0.324 e. The summed E-state index contributed by atoms with van der Waals surface area (Å²) in [4.78, 5) is 74.7. The van der Waals surface area contributed by atoms with E-state index >= 15 is 0 Å². The van der Waals surface area contributed by atoms with Crippen LogP contribution in [-0.2, 0) is 54.6 Å². The number of aromatic nitrogens is 1. The van der Waals surface area contributed by atoms with Gasteiger partial charge in [0.1, 0.15) is 23.9 Å². The summed E-state index contributed by atoms with van der Waals surface area (Å²) >= 11 is 0. The summed E-state index contributed by atoms with van der Waals surface area (Å²) in [5.74, 6) is -2.83. The van der Waals surface area contributed by atoms with Crippen molar-refractivity contribution >= 4 is 40.5 Å². The third-order valence-corrected chi connectivity index (χ3v) is 14.4. The van der Waals surface area contributed by atoms with Gasteiger partial charge in [0.05, 0.1) is 24.3 Å². The Labute approximate surface area is 405 Å². The first kappa shape index (κ1) is 49.4. The molecule has 1 unspecified atom stereocenters. The molecule has 4 aromatic rings. The maximum Gasteiger partial charge on any atom is 0.324 e. The largest absolute Gasteiger partial charge is 0.508 e. The van der Waals surface area contributed by atoms with Gasteiger partial charge in [0.25, 0.3) is 5.91 Å². The number of carbonyl (C=O) groups is 5. The molecule has 4 amide bonds. The van der Waals surface area contributed by atoms with Crippen LogP contribution in [0.5, 0.6) is 5.75 Å². The molecule has 4 aliphatic rings. The quantitative estimate of drug-likeness (QED) is 0.119. The van der Waals surface area contributed by atoms with Gasteiger partial charge in [-0.3, -0.25) is 33.9 Å². The second-order valence-electron chi connectivity index (χ2n) is 20.7. The van der Waals surface area contributed by atoms with Gasteiger partial charge < -0.3 is 34.6 Å². The van der Waals surface area contributed by atoms with Crippen molar-refractivity contribution in [2.24, 2.45) is 17.3 Å². The molecule has 4 N–H and O–H groups in total. The van der Waals surface area contributed by atoms with E-state index in [2.05, 4.69) is 84.0 Å². The number of aryl methyl sites for hydroxylation is 1. The SMILES string of the molecule is C=CC(=O)N1CC[C@H](C(=O)N(C)C(C(=O)N[C@H]2Cc3cc(O)cc(c3)-c3ccc4c(c3)c(c(-c3ccc(CN5CC[C@@H](O)C5)cc3)n4CC)CC(C)(C)COC(=O)[C@@H]3CCCN(N3)C2=O)C(C)C)C1. The number of ether oxygens (including phenoxy) is 1. The predicted molar refractivity (Wildman–Crippen MR) is 264 cm³/mol. The van der Waals surface area contributed by atoms with Crippen LogP contribution in [0.2, 0.25) is 0 Å². The molecule has 3 aromatic carbocycles. The molecule has 368 valence electrons. The maximum absolute atomic E-state index is 14.7. The molecule has 3 fully saturated rings. The molecule has 5 atom stereocenters. The Morgan fingerprint density at radius 1 is 0.971 bits per heavy atom. The second kappa shape index (κ2) is 20.5. The van der Waals surface area contributed by atoms with E-state index < -0.39 is 47.2 Å². The number of likely N-dealkylation sites (tertiary alicyclic amines) is 2. The Kier molecular flexibility index (Phi) is 14.7. The fraction of sp³-hybridized carbons (Fsp3) is 0.500. The van der Waals surface area contributed by atoms with Crippen LogP contribution in [0.4, 0.5) is 0 Å². The van der Waals surface area contributed by atoms with Crippen LogP contribution < -0.4 is 10.7 Å². The fourth-order valence-electron chi connectivity index (χ4n) is 10.9. The van der Waals surface area contributed by atoms with Crippen molar-refractivity contribution in [3.8, 4) is 28.1 Å². The summed E-state index contributed by atoms with van der Waals surface area (Å²) in [7, 11) is 1.58. The van der Waals surface area contributed by atoms with Crippen molar-refractivity contribution in [2.75, 3.05) is 46.4 Å². The molecule has 5 heterocycles. The van der Waals surface area contributed by atoms with Crippen LogP contribution in [0.1, 0.15) is 77.0 Å². The average molecular weight is 944 g/mol. The minimum absolute atomic E-state index is 0.00364. The molecule has 1 aromatic heterocycles. The Hall–Kier alpha value is -6.03. The molecule has 0 radical (unpaired) electrons. The standard InChI is InChI=1S/C54H69N7O8/c1-8-47(64)59-22-18-38(30-59)51(66)57(7)48(33(3)4)50(65)55-45-25-35-23-39(26-41(63)24-35)37-16-17-46-42(27-37)43(28-54(5,6)32-69-53(68)44-11-10-20-61(56-44)52(45)67)49(60(46)9-2)36-14-12-34(13-15-36)29-58-21-19-40(62)31-58/h8,12-17,23-24,26-27,33,38,40,44-45,48,56,62-63H,1,9-11,18-22,25,28-32H2,2-7H3,(H,55,65)/t38-,40+,44-,45-,48?/m0/s1. The number of amides is 4. The molecule has 0 spiro atoms. The minimum atomic E-state index is -1.16. The van der Waals surface area contributed by atoms with Gasteiger partial charge in [-0.05, 0) is 109 Å². The summed E-state index contributed by atoms with van der Waals surface area (Å²) < 4.78 is 8.46. The molecule has 4 aliphatic heterocycles. The van der Waals surface area contributed by atoms with E-state index in [9.17, 15) is 34.2 Å². The molecular weight excluding hydrogens is 875 g/mol. The number of carbonyl (C=O) groups excluding carboxylic acids is 5. The van der Waals surface area contributed by atoms with Crippen molar-refractivity contribution in [1.82, 2.24) is 35.0 Å². The number of nitrogens with one attached hydrogen (secondary N) is 2. The number of β-amino-alcohol motifs (C(OH)–C–C–N with tert-alkyl or cyclic N) is 1. The molecular formula is C54H69N7O8. The van der Waals surface area contributed by atoms with E-state index in [1.807, 2.05) is 26.0 Å². The van der Waals surface area contributed by atoms with Gasteiger partial charge in [-0.1, -0.05) is 70.7 Å². The van der Waals surface area contributed by atoms with E-state index in [0.29, 0.717) is 50.9 Å². The van der Waals surface area contributed by atoms with Crippen LogP contribution in [0.15, 0.2) is 73.3 Å². The van der Waals surface area contributed by atoms with Crippen molar-refractivity contribution in [2.45, 2.75) is 110 Å². The summed E-state index contributed by atoms with van der Waals surface area (Å²) in [5.41, 5.74) is 10.3. The van der Waals surface area contributed by atoms with E-state index in [4.69, 9.17) is 4.74 Å². The number of cyclic esters (lactones) is 1. The van der Waals surface area contributed by atoms with Crippen LogP contribution >= 0.6 is 0 Å². The highest BCUT2D eigenvalue weighted by Crippen LogP contribution is 2.41. The summed E-state index contributed by atoms with van der Waals surface area (Å²) in [6.07, 6.45) is 3.72. The highest BCUT2D eigenvalue weighted by atomic mass is 16.5. The highest BCUT2D eigenvalue weighted by Gasteiger charge is 2.40. The first-order valence-electron chi connectivity index (χ1n) is 24.6. The monoisotopic (exact) mass is 944 g/mol. The van der Waals surface area contributed by atoms with Gasteiger partial charge in [0, 0.05) is 75.6 Å². The first-order chi connectivity index (χ1) is 32.9. The molecule has 0 aliphatic carbocycles. The molecule has 0 saturated carbocycles. The lowest BCUT2D eigenvalue weighted by Gasteiger charge is -2.37. The summed E-state index contributed by atoms with van der Waals surface area (Å²) in [6.45, 7) is 17.6. The van der Waals surface area contributed by atoms with Crippen molar-refractivity contribution in [3.63, 3.8) is 0 Å². The number of hydrogen-bond donors (Lipinski definition) is 4. The molecule has 15 nitrogen and oxygen atoms in total. The Morgan fingerprint density at radius 2 is 1.72 bits per heavy atom. The number of hydrogen-bond acceptors (Lipinski definition) is 10. The fourth-order valence-corrected chi connectivity index (χ4v) is 10.9. The van der Waals surface area contributed by atoms with Gasteiger partial charge >= 0.3 is 5.97 Å². The van der Waals surface area contributed by atoms with Crippen LogP contribution in [0.25, 0.3) is 33.3 Å². The van der Waals surface area contributed by atoms with Crippen molar-refractivity contribution in [1.29, 1.82) is 0 Å². The van der Waals surface area contributed by atoms with Gasteiger partial charge in [-0.25, -0.2) is 5.43 Å². The maximum atomic E-state index is 14.7. The number of hydrazine groups is 1. The molecule has 15 heteroatoms.